The van der Waals surface area contributed by atoms with Crippen molar-refractivity contribution in [2.24, 2.45) is 0 Å². The molecule has 0 spiro atoms. The Bertz CT molecular complexity index is 950. The molecule has 146 valence electrons. The van der Waals surface area contributed by atoms with E-state index in [0.717, 1.165) is 4.90 Å². The van der Waals surface area contributed by atoms with E-state index >= 15 is 0 Å². The first kappa shape index (κ1) is 20.7. The van der Waals surface area contributed by atoms with Gasteiger partial charge in [0.15, 0.2) is 5.69 Å². The molecule has 2 aromatic rings. The fourth-order valence-electron chi connectivity index (χ4n) is 2.05. The van der Waals surface area contributed by atoms with Crippen LogP contribution in [0, 0.1) is 0 Å². The van der Waals surface area contributed by atoms with Crippen molar-refractivity contribution in [3.8, 4) is 5.69 Å². The van der Waals surface area contributed by atoms with Gasteiger partial charge in [0.25, 0.3) is 11.5 Å². The van der Waals surface area contributed by atoms with Gasteiger partial charge in [-0.05, 0) is 12.1 Å². The number of nitrogens with zero attached hydrogens (tertiary/aromatic N) is 3. The number of rotatable bonds is 2. The van der Waals surface area contributed by atoms with Crippen LogP contribution in [0.1, 0.15) is 21.6 Å². The summed E-state index contributed by atoms with van der Waals surface area (Å²) in [6.07, 6.45) is -9.23. The lowest BCUT2D eigenvalue weighted by atomic mass is 10.1. The Kier molecular flexibility index (Phi) is 5.28. The van der Waals surface area contributed by atoms with Crippen molar-refractivity contribution in [3.63, 3.8) is 0 Å². The van der Waals surface area contributed by atoms with E-state index in [9.17, 15) is 35.9 Å². The van der Waals surface area contributed by atoms with Crippen LogP contribution >= 0.6 is 11.6 Å². The van der Waals surface area contributed by atoms with Gasteiger partial charge in [-0.1, -0.05) is 11.6 Å². The van der Waals surface area contributed by atoms with Crippen molar-refractivity contribution in [3.05, 3.63) is 56.7 Å². The smallest absolute Gasteiger partial charge is 0.343 e. The number of carbonyl (C=O) groups is 1. The fourth-order valence-corrected chi connectivity index (χ4v) is 2.26. The molecule has 0 bridgehead atoms. The highest BCUT2D eigenvalue weighted by atomic mass is 35.5. The Morgan fingerprint density at radius 1 is 1.07 bits per heavy atom. The van der Waals surface area contributed by atoms with E-state index in [1.807, 2.05) is 0 Å². The van der Waals surface area contributed by atoms with E-state index in [2.05, 4.69) is 4.98 Å². The molecule has 0 atom stereocenters. The van der Waals surface area contributed by atoms with Crippen LogP contribution in [0.3, 0.4) is 0 Å². The summed E-state index contributed by atoms with van der Waals surface area (Å²) in [5.41, 5.74) is -5.40. The minimum Gasteiger partial charge on any atom is -0.343 e. The minimum atomic E-state index is -4.93. The number of alkyl halides is 6. The van der Waals surface area contributed by atoms with Crippen molar-refractivity contribution in [2.75, 3.05) is 14.1 Å². The van der Waals surface area contributed by atoms with Crippen molar-refractivity contribution < 1.29 is 31.1 Å². The fraction of sp³-hybridized carbons (Fsp3) is 0.267. The topological polar surface area (TPSA) is 55.2 Å². The number of aromatic nitrogens is 2. The molecule has 0 saturated carbocycles. The largest absolute Gasteiger partial charge is 0.417 e. The summed E-state index contributed by atoms with van der Waals surface area (Å²) in [6.45, 7) is 0. The highest BCUT2D eigenvalue weighted by Gasteiger charge is 2.35. The first-order valence-corrected chi connectivity index (χ1v) is 7.40. The average molecular weight is 414 g/mol. The summed E-state index contributed by atoms with van der Waals surface area (Å²) in [5, 5.41) is -0.884. The highest BCUT2D eigenvalue weighted by molar-refractivity contribution is 6.30. The molecule has 0 aliphatic heterocycles. The Morgan fingerprint density at radius 3 is 2.11 bits per heavy atom. The first-order chi connectivity index (χ1) is 12.2. The molecule has 0 aliphatic carbocycles. The van der Waals surface area contributed by atoms with E-state index in [1.165, 1.54) is 14.1 Å². The summed E-state index contributed by atoms with van der Waals surface area (Å²) < 4.78 is 78.2. The second-order valence-electron chi connectivity index (χ2n) is 5.54. The average Bonchev–Trinajstić information content (AvgIpc) is 2.54. The Morgan fingerprint density at radius 2 is 1.63 bits per heavy atom. The third-order valence-corrected chi connectivity index (χ3v) is 3.63. The number of amides is 1. The predicted molar refractivity (Wildman–Crippen MR) is 82.9 cm³/mol. The second kappa shape index (κ2) is 6.87. The lowest BCUT2D eigenvalue weighted by Gasteiger charge is -2.18. The molecule has 12 heteroatoms. The quantitative estimate of drug-likeness (QED) is 0.707. The van der Waals surface area contributed by atoms with Crippen molar-refractivity contribution in [1.82, 2.24) is 14.5 Å². The van der Waals surface area contributed by atoms with E-state index < -0.39 is 51.3 Å². The van der Waals surface area contributed by atoms with Crippen LogP contribution in [0.25, 0.3) is 5.69 Å². The van der Waals surface area contributed by atoms with Crippen molar-refractivity contribution in [2.45, 2.75) is 12.4 Å². The Balaban J connectivity index is 2.89. The summed E-state index contributed by atoms with van der Waals surface area (Å²) in [5.74, 6) is -0.917. The monoisotopic (exact) mass is 413 g/mol. The van der Waals surface area contributed by atoms with Crippen LogP contribution in [0.2, 0.25) is 5.02 Å². The summed E-state index contributed by atoms with van der Waals surface area (Å²) in [4.78, 5) is 28.7. The first-order valence-electron chi connectivity index (χ1n) is 7.02. The van der Waals surface area contributed by atoms with Gasteiger partial charge in [0, 0.05) is 26.5 Å². The summed E-state index contributed by atoms with van der Waals surface area (Å²) in [6, 6.07) is 0.705. The van der Waals surface area contributed by atoms with Crippen LogP contribution in [-0.2, 0) is 12.4 Å². The molecule has 0 fully saturated rings. The van der Waals surface area contributed by atoms with E-state index in [4.69, 9.17) is 11.6 Å². The third-order valence-electron chi connectivity index (χ3n) is 3.36. The van der Waals surface area contributed by atoms with E-state index in [0.29, 0.717) is 18.3 Å². The van der Waals surface area contributed by atoms with Crippen LogP contribution in [-0.4, -0.2) is 34.5 Å². The van der Waals surface area contributed by atoms with Gasteiger partial charge in [-0.25, -0.2) is 4.98 Å². The van der Waals surface area contributed by atoms with Gasteiger partial charge in [-0.3, -0.25) is 14.2 Å². The van der Waals surface area contributed by atoms with Gasteiger partial charge in [-0.15, -0.1) is 0 Å². The number of hydrogen-bond donors (Lipinski definition) is 0. The van der Waals surface area contributed by atoms with Gasteiger partial charge in [-0.2, -0.15) is 26.3 Å². The van der Waals surface area contributed by atoms with Gasteiger partial charge in [0.05, 0.1) is 16.8 Å². The molecule has 2 heterocycles. The molecule has 0 unspecified atom stereocenters. The van der Waals surface area contributed by atoms with Gasteiger partial charge in [0.1, 0.15) is 5.02 Å². The lowest BCUT2D eigenvalue weighted by molar-refractivity contribution is -0.139. The predicted octanol–water partition coefficient (Wildman–Crippen LogP) is 3.63. The Labute approximate surface area is 152 Å². The molecule has 0 N–H and O–H groups in total. The zero-order valence-corrected chi connectivity index (χ0v) is 14.4. The number of pyridine rings is 2. The lowest BCUT2D eigenvalue weighted by Crippen LogP contribution is -2.28. The van der Waals surface area contributed by atoms with Gasteiger partial charge in [0.2, 0.25) is 0 Å². The summed E-state index contributed by atoms with van der Waals surface area (Å²) >= 11 is 5.53. The van der Waals surface area contributed by atoms with Gasteiger partial charge >= 0.3 is 12.4 Å². The maximum absolute atomic E-state index is 13.0. The van der Waals surface area contributed by atoms with Crippen molar-refractivity contribution >= 4 is 17.5 Å². The normalized spacial score (nSPS) is 12.2. The zero-order chi connectivity index (χ0) is 20.7. The van der Waals surface area contributed by atoms with Gasteiger partial charge < -0.3 is 4.90 Å². The number of carbonyl (C=O) groups excluding carboxylic acids is 1. The molecule has 0 aromatic carbocycles. The zero-order valence-electron chi connectivity index (χ0n) is 13.6. The molecule has 5 nitrogen and oxygen atoms in total. The SMILES string of the molecule is CN(C)C(=O)c1ncc(C(F)(F)F)cc1-n1cc(C(F)(F)F)cc(Cl)c1=O. The second-order valence-corrected chi connectivity index (χ2v) is 5.95. The van der Waals surface area contributed by atoms with Crippen LogP contribution in [0.15, 0.2) is 29.3 Å². The number of halogens is 7. The molecular formula is C15H10ClF6N3O2. The third kappa shape index (κ3) is 4.24. The molecule has 0 aliphatic rings. The van der Waals surface area contributed by atoms with Crippen LogP contribution in [0.4, 0.5) is 26.3 Å². The van der Waals surface area contributed by atoms with E-state index in [1.54, 1.807) is 0 Å². The Hall–Kier alpha value is -2.56. The van der Waals surface area contributed by atoms with Crippen molar-refractivity contribution in [1.29, 1.82) is 0 Å². The molecule has 0 saturated heterocycles. The molecule has 2 rings (SSSR count). The maximum Gasteiger partial charge on any atom is 0.417 e. The number of hydrogen-bond acceptors (Lipinski definition) is 3. The summed E-state index contributed by atoms with van der Waals surface area (Å²) in [7, 11) is 2.51. The highest BCUT2D eigenvalue weighted by Crippen LogP contribution is 2.33. The minimum absolute atomic E-state index is 0.226. The molecule has 2 aromatic heterocycles. The molecule has 27 heavy (non-hydrogen) atoms. The maximum atomic E-state index is 13.0. The standard InChI is InChI=1S/C15H10ClF6N3O2/c1-24(2)13(27)11-10(4-7(5-23-11)14(17,18)19)25-6-8(15(20,21)22)3-9(16)12(25)26/h3-6H,1-2H3. The van der Waals surface area contributed by atoms with E-state index in [-0.39, 0.29) is 10.8 Å². The molecule has 0 radical (unpaired) electrons. The van der Waals surface area contributed by atoms with Crippen LogP contribution < -0.4 is 5.56 Å². The molecule has 1 amide bonds. The molecular weight excluding hydrogens is 404 g/mol. The van der Waals surface area contributed by atoms with Crippen LogP contribution in [0.5, 0.6) is 0 Å².